The van der Waals surface area contributed by atoms with Crippen molar-refractivity contribution < 1.29 is 19.1 Å². The summed E-state index contributed by atoms with van der Waals surface area (Å²) < 4.78 is 11.3. The van der Waals surface area contributed by atoms with Crippen molar-refractivity contribution in [3.8, 4) is 0 Å². The van der Waals surface area contributed by atoms with Crippen LogP contribution in [0.2, 0.25) is 0 Å². The van der Waals surface area contributed by atoms with Gasteiger partial charge in [-0.1, -0.05) is 44.2 Å². The molecule has 1 rings (SSSR count). The van der Waals surface area contributed by atoms with Crippen LogP contribution in [0.15, 0.2) is 36.5 Å². The van der Waals surface area contributed by atoms with E-state index in [-0.39, 0.29) is 36.7 Å². The quantitative estimate of drug-likeness (QED) is 0.280. The summed E-state index contributed by atoms with van der Waals surface area (Å²) in [5.74, 6) is 0.315. The van der Waals surface area contributed by atoms with Gasteiger partial charge in [-0.05, 0) is 44.6 Å². The van der Waals surface area contributed by atoms with Crippen LogP contribution in [0, 0.1) is 11.8 Å². The molecule has 0 aromatic carbocycles. The molecule has 5 nitrogen and oxygen atoms in total. The van der Waals surface area contributed by atoms with Gasteiger partial charge in [0.15, 0.2) is 0 Å². The van der Waals surface area contributed by atoms with Crippen LogP contribution in [0.5, 0.6) is 0 Å². The fraction of sp³-hybridized carbons (Fsp3) is 0.619. The minimum atomic E-state index is -0.124. The molecule has 0 aliphatic carbocycles. The van der Waals surface area contributed by atoms with Gasteiger partial charge in [-0.3, -0.25) is 4.79 Å². The molecule has 1 fully saturated rings. The van der Waals surface area contributed by atoms with Crippen LogP contribution < -0.4 is 5.32 Å². The maximum atomic E-state index is 12.2. The lowest BCUT2D eigenvalue weighted by Crippen LogP contribution is -2.50. The fourth-order valence-corrected chi connectivity index (χ4v) is 2.94. The number of allylic oxidation sites excluding steroid dienone is 2. The third-order valence-corrected chi connectivity index (χ3v) is 4.68. The highest BCUT2D eigenvalue weighted by Crippen LogP contribution is 2.27. The van der Waals surface area contributed by atoms with Crippen LogP contribution in [0.3, 0.4) is 0 Å². The summed E-state index contributed by atoms with van der Waals surface area (Å²) in [6.45, 7) is 12.4. The van der Waals surface area contributed by atoms with Gasteiger partial charge in [0.05, 0.1) is 24.9 Å². The van der Waals surface area contributed by atoms with E-state index in [1.165, 1.54) is 6.08 Å². The normalized spacial score (nSPS) is 27.9. The highest BCUT2D eigenvalue weighted by molar-refractivity contribution is 5.87. The second kappa shape index (κ2) is 11.8. The zero-order valence-corrected chi connectivity index (χ0v) is 16.4. The third-order valence-electron chi connectivity index (χ3n) is 4.68. The van der Waals surface area contributed by atoms with E-state index in [0.717, 1.165) is 24.7 Å². The molecule has 0 aromatic heterocycles. The zero-order chi connectivity index (χ0) is 19.5. The van der Waals surface area contributed by atoms with Gasteiger partial charge in [0, 0.05) is 0 Å². The summed E-state index contributed by atoms with van der Waals surface area (Å²) in [7, 11) is 0. The van der Waals surface area contributed by atoms with Gasteiger partial charge < -0.3 is 19.6 Å². The minimum Gasteiger partial charge on any atom is -0.373 e. The Bertz CT molecular complexity index is 526. The van der Waals surface area contributed by atoms with Gasteiger partial charge in [0.1, 0.15) is 12.9 Å². The van der Waals surface area contributed by atoms with Crippen molar-refractivity contribution in [3.63, 3.8) is 0 Å². The van der Waals surface area contributed by atoms with Gasteiger partial charge in [-0.2, -0.15) is 0 Å². The summed E-state index contributed by atoms with van der Waals surface area (Å²) in [5.41, 5.74) is 1.15. The Morgan fingerprint density at radius 3 is 2.81 bits per heavy atom. The molecule has 0 radical (unpaired) electrons. The summed E-state index contributed by atoms with van der Waals surface area (Å²) in [4.78, 5) is 22.4. The van der Waals surface area contributed by atoms with E-state index in [1.54, 1.807) is 6.08 Å². The van der Waals surface area contributed by atoms with Crippen molar-refractivity contribution >= 4 is 12.2 Å². The summed E-state index contributed by atoms with van der Waals surface area (Å²) in [5, 5.41) is 3.04. The average molecular weight is 363 g/mol. The molecule has 1 unspecified atom stereocenters. The molecule has 0 spiro atoms. The van der Waals surface area contributed by atoms with Gasteiger partial charge in [-0.25, -0.2) is 0 Å². The molecule has 1 aliphatic heterocycles. The number of rotatable bonds is 10. The van der Waals surface area contributed by atoms with Crippen molar-refractivity contribution in [1.29, 1.82) is 0 Å². The van der Waals surface area contributed by atoms with Crippen molar-refractivity contribution in [2.75, 3.05) is 13.2 Å². The first-order valence-corrected chi connectivity index (χ1v) is 9.32. The number of amides is 1. The maximum Gasteiger partial charge on any atom is 0.243 e. The van der Waals surface area contributed by atoms with Crippen molar-refractivity contribution in [2.45, 2.75) is 58.8 Å². The number of carbonyl (C=O) groups excluding carboxylic acids is 2. The molecule has 0 saturated carbocycles. The number of hydrogen-bond acceptors (Lipinski definition) is 4. The van der Waals surface area contributed by atoms with Crippen molar-refractivity contribution in [3.05, 3.63) is 36.5 Å². The highest BCUT2D eigenvalue weighted by Gasteiger charge is 2.33. The smallest absolute Gasteiger partial charge is 0.243 e. The van der Waals surface area contributed by atoms with Gasteiger partial charge in [-0.15, -0.1) is 0 Å². The van der Waals surface area contributed by atoms with E-state index in [9.17, 15) is 9.59 Å². The number of carbonyl (C=O) groups is 2. The number of aldehydes is 1. The largest absolute Gasteiger partial charge is 0.373 e. The second-order valence-corrected chi connectivity index (χ2v) is 7.14. The third kappa shape index (κ3) is 8.11. The van der Waals surface area contributed by atoms with Crippen LogP contribution in [0.1, 0.15) is 40.5 Å². The molecule has 1 saturated heterocycles. The molecule has 146 valence electrons. The standard InChI is InChI=1S/C21H33NO4/c1-6-15(2)7-9-20-17(4)13-19(18(5)26-20)22-21(24)10-8-16(3)14-25-12-11-23/h6-8,10-11,16-20H,1,9,12-14H2,2-5H3,(H,22,24)/b10-8-,15-7+/t16?,17-,18+,19+,20-/m0/s1. The molecule has 0 bridgehead atoms. The number of ether oxygens (including phenoxy) is 2. The summed E-state index contributed by atoms with van der Waals surface area (Å²) >= 11 is 0. The SMILES string of the molecule is C=C/C(C)=C/C[C@@H]1O[C@H](C)[C@H](NC(=O)/C=C\C(C)COCC=O)C[C@@H]1C. The van der Waals surface area contributed by atoms with E-state index in [1.807, 2.05) is 26.8 Å². The van der Waals surface area contributed by atoms with Crippen LogP contribution in [0.4, 0.5) is 0 Å². The lowest BCUT2D eigenvalue weighted by molar-refractivity contribution is -0.123. The Labute approximate surface area is 157 Å². The predicted octanol–water partition coefficient (Wildman–Crippen LogP) is 3.21. The van der Waals surface area contributed by atoms with Crippen LogP contribution in [0.25, 0.3) is 0 Å². The van der Waals surface area contributed by atoms with Gasteiger partial charge in [0.2, 0.25) is 5.91 Å². The molecule has 1 aliphatic rings. The van der Waals surface area contributed by atoms with E-state index in [4.69, 9.17) is 9.47 Å². The maximum absolute atomic E-state index is 12.2. The van der Waals surface area contributed by atoms with Crippen LogP contribution >= 0.6 is 0 Å². The van der Waals surface area contributed by atoms with Crippen molar-refractivity contribution in [1.82, 2.24) is 5.32 Å². The molecular formula is C21H33NO4. The molecular weight excluding hydrogens is 330 g/mol. The molecule has 0 aromatic rings. The lowest BCUT2D eigenvalue weighted by atomic mass is 9.88. The topological polar surface area (TPSA) is 64.6 Å². The second-order valence-electron chi connectivity index (χ2n) is 7.14. The Morgan fingerprint density at radius 2 is 2.15 bits per heavy atom. The minimum absolute atomic E-state index is 0.00417. The fourth-order valence-electron chi connectivity index (χ4n) is 2.94. The summed E-state index contributed by atoms with van der Waals surface area (Å²) in [6, 6.07) is 0.00417. The number of nitrogens with one attached hydrogen (secondary N) is 1. The first-order valence-electron chi connectivity index (χ1n) is 9.32. The molecule has 1 heterocycles. The predicted molar refractivity (Wildman–Crippen MR) is 104 cm³/mol. The highest BCUT2D eigenvalue weighted by atomic mass is 16.5. The summed E-state index contributed by atoms with van der Waals surface area (Å²) in [6.07, 6.45) is 9.94. The van der Waals surface area contributed by atoms with Crippen LogP contribution in [-0.4, -0.2) is 43.7 Å². The average Bonchev–Trinajstić information content (AvgIpc) is 2.61. The molecule has 26 heavy (non-hydrogen) atoms. The van der Waals surface area contributed by atoms with Gasteiger partial charge in [0.25, 0.3) is 0 Å². The van der Waals surface area contributed by atoms with E-state index in [0.29, 0.717) is 12.5 Å². The Morgan fingerprint density at radius 1 is 1.42 bits per heavy atom. The zero-order valence-electron chi connectivity index (χ0n) is 16.4. The van der Waals surface area contributed by atoms with E-state index < -0.39 is 0 Å². The Hall–Kier alpha value is -1.72. The Kier molecular flexibility index (Phi) is 10.1. The molecule has 5 atom stereocenters. The Balaban J connectivity index is 2.47. The first-order chi connectivity index (χ1) is 12.4. The molecule has 5 heteroatoms. The lowest BCUT2D eigenvalue weighted by Gasteiger charge is -2.39. The molecule has 1 amide bonds. The first kappa shape index (κ1) is 22.3. The van der Waals surface area contributed by atoms with Gasteiger partial charge >= 0.3 is 0 Å². The van der Waals surface area contributed by atoms with Crippen molar-refractivity contribution in [2.24, 2.45) is 11.8 Å². The number of hydrogen-bond donors (Lipinski definition) is 1. The van der Waals surface area contributed by atoms with E-state index >= 15 is 0 Å². The van der Waals surface area contributed by atoms with Crippen LogP contribution in [-0.2, 0) is 19.1 Å². The van der Waals surface area contributed by atoms with E-state index in [2.05, 4.69) is 24.9 Å². The molecule has 1 N–H and O–H groups in total. The monoisotopic (exact) mass is 363 g/mol.